The molecule has 0 amide bonds. The van der Waals surface area contributed by atoms with E-state index in [0.717, 1.165) is 44.1 Å². The van der Waals surface area contributed by atoms with Crippen molar-refractivity contribution in [3.8, 4) is 0 Å². The predicted molar refractivity (Wildman–Crippen MR) is 115 cm³/mol. The van der Waals surface area contributed by atoms with Gasteiger partial charge in [0.05, 0.1) is 11.4 Å². The van der Waals surface area contributed by atoms with Crippen LogP contribution in [-0.4, -0.2) is 42.7 Å². The number of halogens is 1. The Morgan fingerprint density at radius 3 is 2.50 bits per heavy atom. The molecule has 0 saturated carbocycles. The minimum absolute atomic E-state index is 0.601. The van der Waals surface area contributed by atoms with Gasteiger partial charge in [-0.15, -0.1) is 0 Å². The largest absolute Gasteiger partial charge is 0.367 e. The molecule has 3 rings (SSSR count). The summed E-state index contributed by atoms with van der Waals surface area (Å²) in [5.74, 6) is 0. The minimum atomic E-state index is 0.601. The lowest BCUT2D eigenvalue weighted by molar-refractivity contribution is 0.271. The Hall–Kier alpha value is -1.82. The molecule has 1 fully saturated rings. The van der Waals surface area contributed by atoms with E-state index in [1.165, 1.54) is 5.56 Å². The lowest BCUT2D eigenvalue weighted by Gasteiger charge is -2.36. The second-order valence-electron chi connectivity index (χ2n) is 6.38. The molecular formula is C20H25ClN4S. The molecule has 1 aliphatic heterocycles. The summed E-state index contributed by atoms with van der Waals surface area (Å²) in [6.07, 6.45) is 0. The molecular weight excluding hydrogens is 364 g/mol. The molecule has 0 aromatic heterocycles. The number of anilines is 2. The van der Waals surface area contributed by atoms with Gasteiger partial charge in [-0.1, -0.05) is 48.9 Å². The van der Waals surface area contributed by atoms with Crippen LogP contribution in [0.1, 0.15) is 12.5 Å². The Labute approximate surface area is 166 Å². The fourth-order valence-corrected chi connectivity index (χ4v) is 3.49. The van der Waals surface area contributed by atoms with Crippen molar-refractivity contribution in [2.45, 2.75) is 13.5 Å². The topological polar surface area (TPSA) is 30.5 Å². The summed E-state index contributed by atoms with van der Waals surface area (Å²) in [5.41, 5.74) is 3.29. The van der Waals surface area contributed by atoms with Gasteiger partial charge in [0.1, 0.15) is 0 Å². The van der Waals surface area contributed by atoms with Gasteiger partial charge < -0.3 is 20.4 Å². The molecule has 1 saturated heterocycles. The van der Waals surface area contributed by atoms with Gasteiger partial charge in [-0.25, -0.2) is 0 Å². The fourth-order valence-electron chi connectivity index (χ4n) is 3.13. The number of likely N-dealkylation sites (N-methyl/N-ethyl adjacent to an activating group) is 1. The molecule has 1 heterocycles. The molecule has 0 radical (unpaired) electrons. The van der Waals surface area contributed by atoms with Gasteiger partial charge in [0.15, 0.2) is 5.11 Å². The number of hydrogen-bond acceptors (Lipinski definition) is 3. The molecule has 0 atom stereocenters. The monoisotopic (exact) mass is 388 g/mol. The summed E-state index contributed by atoms with van der Waals surface area (Å²) in [6.45, 7) is 8.18. The van der Waals surface area contributed by atoms with Crippen molar-refractivity contribution >= 4 is 40.3 Å². The molecule has 0 spiro atoms. The molecule has 6 heteroatoms. The van der Waals surface area contributed by atoms with E-state index >= 15 is 0 Å². The number of nitrogens with one attached hydrogen (secondary N) is 2. The molecule has 1 aliphatic rings. The summed E-state index contributed by atoms with van der Waals surface area (Å²) in [7, 11) is 0. The van der Waals surface area contributed by atoms with E-state index in [0.29, 0.717) is 16.7 Å². The number of nitrogens with zero attached hydrogens (tertiary/aromatic N) is 2. The average Bonchev–Trinajstić information content (AvgIpc) is 2.67. The molecule has 4 nitrogen and oxygen atoms in total. The SMILES string of the molecule is CCN1CCN(c2ccc(Cl)cc2NC(=S)NCc2ccccc2)CC1. The van der Waals surface area contributed by atoms with Crippen molar-refractivity contribution < 1.29 is 0 Å². The normalized spacial score (nSPS) is 14.9. The van der Waals surface area contributed by atoms with Gasteiger partial charge in [0, 0.05) is 37.7 Å². The van der Waals surface area contributed by atoms with E-state index in [2.05, 4.69) is 45.6 Å². The molecule has 0 bridgehead atoms. The molecule has 2 N–H and O–H groups in total. The number of rotatable bonds is 5. The second-order valence-corrected chi connectivity index (χ2v) is 7.22. The Morgan fingerprint density at radius 1 is 1.08 bits per heavy atom. The van der Waals surface area contributed by atoms with Crippen LogP contribution in [0.5, 0.6) is 0 Å². The highest BCUT2D eigenvalue weighted by Gasteiger charge is 2.18. The number of piperazine rings is 1. The van der Waals surface area contributed by atoms with Gasteiger partial charge in [-0.05, 0) is 42.5 Å². The quantitative estimate of drug-likeness (QED) is 0.757. The first kappa shape index (κ1) is 19.0. The van der Waals surface area contributed by atoms with Crippen molar-refractivity contribution in [3.05, 3.63) is 59.1 Å². The summed E-state index contributed by atoms with van der Waals surface area (Å²) < 4.78 is 0. The molecule has 138 valence electrons. The third-order valence-corrected chi connectivity index (χ3v) is 5.14. The van der Waals surface area contributed by atoms with Crippen molar-refractivity contribution in [2.24, 2.45) is 0 Å². The summed E-state index contributed by atoms with van der Waals surface area (Å²) >= 11 is 11.7. The fraction of sp³-hybridized carbons (Fsp3) is 0.350. The van der Waals surface area contributed by atoms with Gasteiger partial charge in [-0.2, -0.15) is 0 Å². The van der Waals surface area contributed by atoms with Crippen LogP contribution in [0, 0.1) is 0 Å². The first-order valence-electron chi connectivity index (χ1n) is 9.01. The van der Waals surface area contributed by atoms with Crippen LogP contribution < -0.4 is 15.5 Å². The Kier molecular flexibility index (Phi) is 6.72. The zero-order valence-corrected chi connectivity index (χ0v) is 16.6. The number of thiocarbonyl (C=S) groups is 1. The maximum atomic E-state index is 6.23. The zero-order chi connectivity index (χ0) is 18.4. The van der Waals surface area contributed by atoms with Crippen LogP contribution in [0.15, 0.2) is 48.5 Å². The maximum Gasteiger partial charge on any atom is 0.171 e. The van der Waals surface area contributed by atoms with E-state index in [1.54, 1.807) is 0 Å². The van der Waals surface area contributed by atoms with Crippen molar-refractivity contribution in [2.75, 3.05) is 42.9 Å². The predicted octanol–water partition coefficient (Wildman–Crippen LogP) is 3.97. The Morgan fingerprint density at radius 2 is 1.81 bits per heavy atom. The zero-order valence-electron chi connectivity index (χ0n) is 15.0. The second kappa shape index (κ2) is 9.21. The van der Waals surface area contributed by atoms with Crippen LogP contribution in [0.4, 0.5) is 11.4 Å². The van der Waals surface area contributed by atoms with Crippen molar-refractivity contribution in [1.29, 1.82) is 0 Å². The van der Waals surface area contributed by atoms with Crippen LogP contribution in [0.3, 0.4) is 0 Å². The highest BCUT2D eigenvalue weighted by molar-refractivity contribution is 7.80. The first-order chi connectivity index (χ1) is 12.7. The molecule has 0 unspecified atom stereocenters. The molecule has 2 aromatic rings. The minimum Gasteiger partial charge on any atom is -0.367 e. The highest BCUT2D eigenvalue weighted by Crippen LogP contribution is 2.30. The maximum absolute atomic E-state index is 6.23. The van der Waals surface area contributed by atoms with Gasteiger partial charge >= 0.3 is 0 Å². The van der Waals surface area contributed by atoms with E-state index in [1.807, 2.05) is 30.3 Å². The molecule has 0 aliphatic carbocycles. The lowest BCUT2D eigenvalue weighted by atomic mass is 10.2. The first-order valence-corrected chi connectivity index (χ1v) is 9.80. The van der Waals surface area contributed by atoms with E-state index in [9.17, 15) is 0 Å². The van der Waals surface area contributed by atoms with Crippen LogP contribution >= 0.6 is 23.8 Å². The van der Waals surface area contributed by atoms with E-state index < -0.39 is 0 Å². The van der Waals surface area contributed by atoms with Gasteiger partial charge in [-0.3, -0.25) is 0 Å². The highest BCUT2D eigenvalue weighted by atomic mass is 35.5. The summed E-state index contributed by atoms with van der Waals surface area (Å²) in [5, 5.41) is 7.89. The van der Waals surface area contributed by atoms with E-state index in [-0.39, 0.29) is 0 Å². The van der Waals surface area contributed by atoms with Crippen LogP contribution in [0.2, 0.25) is 5.02 Å². The summed E-state index contributed by atoms with van der Waals surface area (Å²) in [6, 6.07) is 16.2. The average molecular weight is 389 g/mol. The van der Waals surface area contributed by atoms with Crippen molar-refractivity contribution in [1.82, 2.24) is 10.2 Å². The van der Waals surface area contributed by atoms with Gasteiger partial charge in [0.2, 0.25) is 0 Å². The van der Waals surface area contributed by atoms with Crippen LogP contribution in [0.25, 0.3) is 0 Å². The van der Waals surface area contributed by atoms with E-state index in [4.69, 9.17) is 23.8 Å². The molecule has 2 aromatic carbocycles. The van der Waals surface area contributed by atoms with Gasteiger partial charge in [0.25, 0.3) is 0 Å². The Bertz CT molecular complexity index is 730. The standard InChI is InChI=1S/C20H25ClN4S/c1-2-24-10-12-25(13-11-24)19-9-8-17(21)14-18(19)23-20(26)22-15-16-6-4-3-5-7-16/h3-9,14H,2,10-13,15H2,1H3,(H2,22,23,26). The lowest BCUT2D eigenvalue weighted by Crippen LogP contribution is -2.46. The van der Waals surface area contributed by atoms with Crippen molar-refractivity contribution in [3.63, 3.8) is 0 Å². The third-order valence-electron chi connectivity index (χ3n) is 4.66. The third kappa shape index (κ3) is 5.10. The summed E-state index contributed by atoms with van der Waals surface area (Å²) in [4.78, 5) is 4.86. The molecule has 26 heavy (non-hydrogen) atoms. The van der Waals surface area contributed by atoms with Crippen LogP contribution in [-0.2, 0) is 6.54 Å². The Balaban J connectivity index is 1.65. The number of benzene rings is 2. The smallest absolute Gasteiger partial charge is 0.171 e. The number of hydrogen-bond donors (Lipinski definition) is 2.